The molecule has 1 heterocycles. The standard InChI is InChI=1S/C19H28O3/c1-6-8-16-17(22-19(21)15(5)18(16)20)12-11-14(4)10-7-9-13(2)3/h7,9,11,13,20H,6,8,10,12H2,1-5H3. The van der Waals surface area contributed by atoms with Crippen LogP contribution in [0.5, 0.6) is 5.75 Å². The lowest BCUT2D eigenvalue weighted by molar-refractivity contribution is 0.410. The molecular weight excluding hydrogens is 276 g/mol. The van der Waals surface area contributed by atoms with Crippen LogP contribution in [0.1, 0.15) is 57.4 Å². The fourth-order valence-corrected chi connectivity index (χ4v) is 2.25. The molecule has 0 spiro atoms. The van der Waals surface area contributed by atoms with Gasteiger partial charge in [0, 0.05) is 12.0 Å². The summed E-state index contributed by atoms with van der Waals surface area (Å²) < 4.78 is 5.39. The minimum Gasteiger partial charge on any atom is -0.507 e. The molecule has 122 valence electrons. The fraction of sp³-hybridized carbons (Fsp3) is 0.526. The SMILES string of the molecule is CCCc1c(CC=C(C)CC=CC(C)C)oc(=O)c(C)c1O. The maximum absolute atomic E-state index is 11.8. The first kappa shape index (κ1) is 18.3. The smallest absolute Gasteiger partial charge is 0.342 e. The van der Waals surface area contributed by atoms with Crippen molar-refractivity contribution in [3.63, 3.8) is 0 Å². The first-order chi connectivity index (χ1) is 10.4. The van der Waals surface area contributed by atoms with Crippen LogP contribution in [0.15, 0.2) is 33.0 Å². The molecular formula is C19H28O3. The van der Waals surface area contributed by atoms with E-state index in [0.29, 0.717) is 30.1 Å². The van der Waals surface area contributed by atoms with Crippen molar-refractivity contribution in [2.24, 2.45) is 5.92 Å². The van der Waals surface area contributed by atoms with E-state index < -0.39 is 5.63 Å². The third-order valence-electron chi connectivity index (χ3n) is 3.60. The number of rotatable bonds is 7. The van der Waals surface area contributed by atoms with Gasteiger partial charge in [-0.05, 0) is 32.6 Å². The van der Waals surface area contributed by atoms with Crippen molar-refractivity contribution in [2.75, 3.05) is 0 Å². The fourth-order valence-electron chi connectivity index (χ4n) is 2.25. The summed E-state index contributed by atoms with van der Waals surface area (Å²) >= 11 is 0. The quantitative estimate of drug-likeness (QED) is 0.743. The van der Waals surface area contributed by atoms with Gasteiger partial charge in [-0.15, -0.1) is 0 Å². The normalized spacial score (nSPS) is 12.5. The van der Waals surface area contributed by atoms with Crippen molar-refractivity contribution in [3.05, 3.63) is 51.1 Å². The lowest BCUT2D eigenvalue weighted by Crippen LogP contribution is -2.09. The predicted octanol–water partition coefficient (Wildman–Crippen LogP) is 4.70. The molecule has 1 aromatic heterocycles. The van der Waals surface area contributed by atoms with Crippen LogP contribution in [0.25, 0.3) is 0 Å². The molecule has 0 bridgehead atoms. The highest BCUT2D eigenvalue weighted by atomic mass is 16.4. The van der Waals surface area contributed by atoms with E-state index in [1.165, 1.54) is 5.57 Å². The monoisotopic (exact) mass is 304 g/mol. The highest BCUT2D eigenvalue weighted by Gasteiger charge is 2.15. The largest absolute Gasteiger partial charge is 0.507 e. The van der Waals surface area contributed by atoms with E-state index in [9.17, 15) is 9.90 Å². The summed E-state index contributed by atoms with van der Waals surface area (Å²) in [6, 6.07) is 0. The van der Waals surface area contributed by atoms with Crippen molar-refractivity contribution in [3.8, 4) is 5.75 Å². The summed E-state index contributed by atoms with van der Waals surface area (Å²) in [5.74, 6) is 1.23. The lowest BCUT2D eigenvalue weighted by atomic mass is 10.0. The van der Waals surface area contributed by atoms with Crippen LogP contribution in [0.2, 0.25) is 0 Å². The molecule has 22 heavy (non-hydrogen) atoms. The molecule has 0 saturated carbocycles. The minimum absolute atomic E-state index is 0.0962. The molecule has 3 heteroatoms. The summed E-state index contributed by atoms with van der Waals surface area (Å²) in [6.07, 6.45) is 9.45. The Bertz CT molecular complexity index is 604. The minimum atomic E-state index is -0.446. The van der Waals surface area contributed by atoms with Gasteiger partial charge < -0.3 is 9.52 Å². The molecule has 0 atom stereocenters. The average molecular weight is 304 g/mol. The molecule has 1 N–H and O–H groups in total. The van der Waals surface area contributed by atoms with Crippen LogP contribution in [0.3, 0.4) is 0 Å². The molecule has 1 rings (SSSR count). The molecule has 0 unspecified atom stereocenters. The van der Waals surface area contributed by atoms with Crippen LogP contribution >= 0.6 is 0 Å². The van der Waals surface area contributed by atoms with Gasteiger partial charge >= 0.3 is 5.63 Å². The molecule has 0 radical (unpaired) electrons. The van der Waals surface area contributed by atoms with Crippen molar-refractivity contribution in [2.45, 2.75) is 60.3 Å². The second kappa shape index (κ2) is 8.62. The second-order valence-corrected chi connectivity index (χ2v) is 6.15. The van der Waals surface area contributed by atoms with E-state index >= 15 is 0 Å². The zero-order valence-corrected chi connectivity index (χ0v) is 14.4. The zero-order chi connectivity index (χ0) is 16.7. The van der Waals surface area contributed by atoms with Gasteiger partial charge in [0.1, 0.15) is 11.5 Å². The second-order valence-electron chi connectivity index (χ2n) is 6.15. The molecule has 1 aromatic rings. The van der Waals surface area contributed by atoms with Crippen LogP contribution in [0, 0.1) is 12.8 Å². The zero-order valence-electron chi connectivity index (χ0n) is 14.4. The molecule has 0 aliphatic heterocycles. The maximum Gasteiger partial charge on any atom is 0.342 e. The number of hydrogen-bond acceptors (Lipinski definition) is 3. The Morgan fingerprint density at radius 3 is 2.64 bits per heavy atom. The Kier molecular flexibility index (Phi) is 7.16. The van der Waals surface area contributed by atoms with Crippen molar-refractivity contribution < 1.29 is 9.52 Å². The predicted molar refractivity (Wildman–Crippen MR) is 91.4 cm³/mol. The van der Waals surface area contributed by atoms with Crippen molar-refractivity contribution in [1.82, 2.24) is 0 Å². The summed E-state index contributed by atoms with van der Waals surface area (Å²) in [4.78, 5) is 11.8. The van der Waals surface area contributed by atoms with Crippen LogP contribution < -0.4 is 5.63 Å². The molecule has 0 fully saturated rings. The van der Waals surface area contributed by atoms with E-state index in [4.69, 9.17) is 4.42 Å². The molecule has 0 saturated heterocycles. The summed E-state index contributed by atoms with van der Waals surface area (Å²) in [5.41, 5.74) is 1.84. The summed E-state index contributed by atoms with van der Waals surface area (Å²) in [6.45, 7) is 10.0. The third kappa shape index (κ3) is 5.21. The molecule has 0 aliphatic carbocycles. The van der Waals surface area contributed by atoms with E-state index in [0.717, 1.165) is 18.4 Å². The summed E-state index contributed by atoms with van der Waals surface area (Å²) in [7, 11) is 0. The maximum atomic E-state index is 11.8. The molecule has 0 amide bonds. The Balaban J connectivity index is 2.95. The average Bonchev–Trinajstić information content (AvgIpc) is 2.46. The Labute approximate surface area is 133 Å². The van der Waals surface area contributed by atoms with Gasteiger partial charge in [-0.2, -0.15) is 0 Å². The van der Waals surface area contributed by atoms with Crippen LogP contribution in [-0.2, 0) is 12.8 Å². The molecule has 3 nitrogen and oxygen atoms in total. The molecule has 0 aliphatic rings. The van der Waals surface area contributed by atoms with Gasteiger partial charge in [0.15, 0.2) is 0 Å². The van der Waals surface area contributed by atoms with Gasteiger partial charge in [-0.25, -0.2) is 4.79 Å². The van der Waals surface area contributed by atoms with Crippen LogP contribution in [0.4, 0.5) is 0 Å². The van der Waals surface area contributed by atoms with E-state index in [1.807, 2.05) is 6.92 Å². The lowest BCUT2D eigenvalue weighted by Gasteiger charge is -2.10. The van der Waals surface area contributed by atoms with E-state index in [1.54, 1.807) is 6.92 Å². The third-order valence-corrected chi connectivity index (χ3v) is 3.60. The van der Waals surface area contributed by atoms with Crippen molar-refractivity contribution in [1.29, 1.82) is 0 Å². The van der Waals surface area contributed by atoms with E-state index in [2.05, 4.69) is 39.0 Å². The number of hydrogen-bond donors (Lipinski definition) is 1. The van der Waals surface area contributed by atoms with Gasteiger partial charge in [0.25, 0.3) is 0 Å². The van der Waals surface area contributed by atoms with Gasteiger partial charge in [0.05, 0.1) is 5.56 Å². The topological polar surface area (TPSA) is 50.4 Å². The highest BCUT2D eigenvalue weighted by Crippen LogP contribution is 2.25. The first-order valence-corrected chi connectivity index (χ1v) is 8.03. The number of aromatic hydroxyl groups is 1. The van der Waals surface area contributed by atoms with Gasteiger partial charge in [-0.3, -0.25) is 0 Å². The Hall–Kier alpha value is -1.77. The van der Waals surface area contributed by atoms with Crippen LogP contribution in [-0.4, -0.2) is 5.11 Å². The Morgan fingerprint density at radius 1 is 1.36 bits per heavy atom. The van der Waals surface area contributed by atoms with Gasteiger partial charge in [-0.1, -0.05) is 51.0 Å². The molecule has 0 aromatic carbocycles. The number of allylic oxidation sites excluding steroid dienone is 4. The van der Waals surface area contributed by atoms with E-state index in [-0.39, 0.29) is 5.75 Å². The first-order valence-electron chi connectivity index (χ1n) is 8.03. The Morgan fingerprint density at radius 2 is 2.05 bits per heavy atom. The highest BCUT2D eigenvalue weighted by molar-refractivity contribution is 5.40. The van der Waals surface area contributed by atoms with Crippen molar-refractivity contribution >= 4 is 0 Å². The van der Waals surface area contributed by atoms with Gasteiger partial charge in [0.2, 0.25) is 0 Å². The summed E-state index contributed by atoms with van der Waals surface area (Å²) in [5, 5.41) is 10.2.